The van der Waals surface area contributed by atoms with E-state index in [1.165, 1.54) is 5.56 Å². The van der Waals surface area contributed by atoms with Crippen LogP contribution in [0.3, 0.4) is 0 Å². The molecule has 2 amide bonds. The van der Waals surface area contributed by atoms with E-state index < -0.39 is 21.9 Å². The van der Waals surface area contributed by atoms with Crippen LogP contribution in [-0.4, -0.2) is 38.5 Å². The average Bonchev–Trinajstić information content (AvgIpc) is 3.11. The summed E-state index contributed by atoms with van der Waals surface area (Å²) in [7, 11) is -4.07. The van der Waals surface area contributed by atoms with Crippen molar-refractivity contribution in [1.82, 2.24) is 10.2 Å². The van der Waals surface area contributed by atoms with Crippen molar-refractivity contribution in [3.05, 3.63) is 59.9 Å². The maximum Gasteiger partial charge on any atom is 0.319 e. The SMILES string of the molecule is NS(=O)(=O)c1cc(F)cc(NC(=O)NC2CCCC3CN(Cc4ccccc4)CC32)c1. The van der Waals surface area contributed by atoms with Crippen molar-refractivity contribution in [1.29, 1.82) is 0 Å². The number of nitrogens with two attached hydrogens (primary N) is 1. The Bertz CT molecular complexity index is 1050. The van der Waals surface area contributed by atoms with Gasteiger partial charge in [0.1, 0.15) is 5.82 Å². The molecule has 0 aromatic heterocycles. The van der Waals surface area contributed by atoms with Crippen LogP contribution < -0.4 is 15.8 Å². The summed E-state index contributed by atoms with van der Waals surface area (Å²) in [5.41, 5.74) is 1.33. The normalized spacial score (nSPS) is 23.9. The van der Waals surface area contributed by atoms with E-state index in [0.29, 0.717) is 11.8 Å². The number of primary sulfonamides is 1. The van der Waals surface area contributed by atoms with Crippen molar-refractivity contribution in [2.24, 2.45) is 17.0 Å². The Kier molecular flexibility index (Phi) is 6.27. The lowest BCUT2D eigenvalue weighted by atomic mass is 9.78. The maximum absolute atomic E-state index is 13.8. The molecule has 0 bridgehead atoms. The van der Waals surface area contributed by atoms with Crippen LogP contribution in [0.25, 0.3) is 0 Å². The summed E-state index contributed by atoms with van der Waals surface area (Å²) < 4.78 is 36.8. The second kappa shape index (κ2) is 8.94. The number of hydrogen-bond acceptors (Lipinski definition) is 4. The topological polar surface area (TPSA) is 105 Å². The molecule has 1 heterocycles. The lowest BCUT2D eigenvalue weighted by molar-refractivity contribution is 0.211. The number of likely N-dealkylation sites (tertiary alicyclic amines) is 1. The Hall–Kier alpha value is -2.49. The van der Waals surface area contributed by atoms with Crippen LogP contribution in [0.4, 0.5) is 14.9 Å². The van der Waals surface area contributed by atoms with Crippen molar-refractivity contribution in [3.63, 3.8) is 0 Å². The number of carbonyl (C=O) groups is 1. The van der Waals surface area contributed by atoms with Gasteiger partial charge in [0.15, 0.2) is 0 Å². The summed E-state index contributed by atoms with van der Waals surface area (Å²) in [4.78, 5) is 14.6. The van der Waals surface area contributed by atoms with Crippen LogP contribution in [0.2, 0.25) is 0 Å². The minimum atomic E-state index is -4.07. The smallest absolute Gasteiger partial charge is 0.319 e. The van der Waals surface area contributed by atoms with Crippen molar-refractivity contribution in [2.75, 3.05) is 18.4 Å². The summed E-state index contributed by atoms with van der Waals surface area (Å²) in [6.07, 6.45) is 3.08. The van der Waals surface area contributed by atoms with E-state index in [1.807, 2.05) is 18.2 Å². The highest BCUT2D eigenvalue weighted by atomic mass is 32.2. The molecule has 1 saturated carbocycles. The fourth-order valence-corrected chi connectivity index (χ4v) is 5.42. The molecule has 1 aliphatic carbocycles. The Balaban J connectivity index is 1.39. The van der Waals surface area contributed by atoms with Crippen LogP contribution in [0.5, 0.6) is 0 Å². The van der Waals surface area contributed by atoms with Crippen molar-refractivity contribution >= 4 is 21.7 Å². The van der Waals surface area contributed by atoms with E-state index in [4.69, 9.17) is 5.14 Å². The van der Waals surface area contributed by atoms with Crippen LogP contribution in [0, 0.1) is 17.7 Å². The Morgan fingerprint density at radius 3 is 2.65 bits per heavy atom. The van der Waals surface area contributed by atoms with Gasteiger partial charge in [0.05, 0.1) is 4.90 Å². The third-order valence-corrected chi connectivity index (χ3v) is 7.09. The molecular formula is C22H27FN4O3S. The lowest BCUT2D eigenvalue weighted by Crippen LogP contribution is -2.46. The second-order valence-corrected chi connectivity index (χ2v) is 10.0. The van der Waals surface area contributed by atoms with Crippen LogP contribution in [0.15, 0.2) is 53.4 Å². The van der Waals surface area contributed by atoms with Crippen molar-refractivity contribution < 1.29 is 17.6 Å². The molecule has 3 atom stereocenters. The summed E-state index contributed by atoms with van der Waals surface area (Å²) in [5.74, 6) is 0.105. The summed E-state index contributed by atoms with van der Waals surface area (Å²) >= 11 is 0. The second-order valence-electron chi connectivity index (χ2n) is 8.46. The number of urea groups is 1. The predicted octanol–water partition coefficient (Wildman–Crippen LogP) is 2.90. The molecule has 2 aromatic rings. The van der Waals surface area contributed by atoms with Gasteiger partial charge in [-0.3, -0.25) is 4.90 Å². The van der Waals surface area contributed by atoms with Crippen LogP contribution in [-0.2, 0) is 16.6 Å². The number of rotatable bonds is 5. The minimum Gasteiger partial charge on any atom is -0.335 e. The molecule has 2 aromatic carbocycles. The van der Waals surface area contributed by atoms with Gasteiger partial charge >= 0.3 is 6.03 Å². The summed E-state index contributed by atoms with van der Waals surface area (Å²) in [6, 6.07) is 12.9. The molecule has 166 valence electrons. The van der Waals surface area contributed by atoms with Crippen LogP contribution >= 0.6 is 0 Å². The van der Waals surface area contributed by atoms with Crippen LogP contribution in [0.1, 0.15) is 24.8 Å². The molecule has 4 rings (SSSR count). The van der Waals surface area contributed by atoms with Gasteiger partial charge in [-0.05, 0) is 48.4 Å². The summed E-state index contributed by atoms with van der Waals surface area (Å²) in [6.45, 7) is 2.83. The van der Waals surface area contributed by atoms with Gasteiger partial charge in [0, 0.05) is 31.4 Å². The standard InChI is InChI=1S/C22H27FN4O3S/c23-17-9-18(11-19(10-17)31(24,29)30)25-22(28)26-21-8-4-7-16-13-27(14-20(16)21)12-15-5-2-1-3-6-15/h1-3,5-6,9-11,16,20-21H,4,7-8,12-14H2,(H2,24,29,30)(H2,25,26,28). The highest BCUT2D eigenvalue weighted by Crippen LogP contribution is 2.37. The first kappa shape index (κ1) is 21.7. The van der Waals surface area contributed by atoms with E-state index >= 15 is 0 Å². The molecule has 31 heavy (non-hydrogen) atoms. The fraction of sp³-hybridized carbons (Fsp3) is 0.409. The lowest BCUT2D eigenvalue weighted by Gasteiger charge is -2.33. The Morgan fingerprint density at radius 1 is 1.13 bits per heavy atom. The van der Waals surface area contributed by atoms with E-state index in [2.05, 4.69) is 27.7 Å². The first-order valence-electron chi connectivity index (χ1n) is 10.4. The molecule has 0 radical (unpaired) electrons. The number of hydrogen-bond donors (Lipinski definition) is 3. The van der Waals surface area contributed by atoms with E-state index in [0.717, 1.165) is 57.1 Å². The zero-order valence-electron chi connectivity index (χ0n) is 17.1. The Morgan fingerprint density at radius 2 is 1.90 bits per heavy atom. The van der Waals surface area contributed by atoms with Gasteiger partial charge in [0.25, 0.3) is 0 Å². The molecule has 4 N–H and O–H groups in total. The largest absolute Gasteiger partial charge is 0.335 e. The molecule has 2 aliphatic rings. The molecule has 7 nitrogen and oxygen atoms in total. The number of nitrogens with zero attached hydrogens (tertiary/aromatic N) is 1. The van der Waals surface area contributed by atoms with Gasteiger partial charge in [0.2, 0.25) is 10.0 Å². The van der Waals surface area contributed by atoms with Gasteiger partial charge in [-0.1, -0.05) is 36.8 Å². The molecule has 1 saturated heterocycles. The molecule has 3 unspecified atom stereocenters. The first-order chi connectivity index (χ1) is 14.8. The minimum absolute atomic E-state index is 0.0193. The highest BCUT2D eigenvalue weighted by Gasteiger charge is 2.40. The Labute approximate surface area is 181 Å². The number of nitrogens with one attached hydrogen (secondary N) is 2. The third kappa shape index (κ3) is 5.41. The number of fused-ring (bicyclic) bond motifs is 1. The van der Waals surface area contributed by atoms with Gasteiger partial charge in [-0.25, -0.2) is 22.7 Å². The number of carbonyl (C=O) groups excluding carboxylic acids is 1. The molecular weight excluding hydrogens is 419 g/mol. The third-order valence-electron chi connectivity index (χ3n) is 6.20. The summed E-state index contributed by atoms with van der Waals surface area (Å²) in [5, 5.41) is 10.6. The van der Waals surface area contributed by atoms with E-state index in [-0.39, 0.29) is 16.6 Å². The van der Waals surface area contributed by atoms with Gasteiger partial charge in [-0.2, -0.15) is 0 Å². The zero-order valence-corrected chi connectivity index (χ0v) is 17.9. The number of benzene rings is 2. The fourth-order valence-electron chi connectivity index (χ4n) is 4.85. The van der Waals surface area contributed by atoms with E-state index in [1.54, 1.807) is 0 Å². The quantitative estimate of drug-likeness (QED) is 0.657. The maximum atomic E-state index is 13.8. The monoisotopic (exact) mass is 446 g/mol. The number of halogens is 1. The zero-order chi connectivity index (χ0) is 22.0. The average molecular weight is 447 g/mol. The highest BCUT2D eigenvalue weighted by molar-refractivity contribution is 7.89. The molecule has 9 heteroatoms. The number of amides is 2. The number of anilines is 1. The van der Waals surface area contributed by atoms with Crippen molar-refractivity contribution in [3.8, 4) is 0 Å². The van der Waals surface area contributed by atoms with Gasteiger partial charge in [-0.15, -0.1) is 0 Å². The van der Waals surface area contributed by atoms with E-state index in [9.17, 15) is 17.6 Å². The first-order valence-corrected chi connectivity index (χ1v) is 12.0. The predicted molar refractivity (Wildman–Crippen MR) is 116 cm³/mol. The van der Waals surface area contributed by atoms with Crippen molar-refractivity contribution in [2.45, 2.75) is 36.7 Å². The van der Waals surface area contributed by atoms with Gasteiger partial charge < -0.3 is 10.6 Å². The molecule has 2 fully saturated rings. The molecule has 1 aliphatic heterocycles. The molecule has 0 spiro atoms. The number of sulfonamides is 1.